The standard InChI is InChI=1S/C10H13BrN2O/c1-2-10(14)6-13(7-10)9-8(11)4-3-5-12-9/h3-5,14H,2,6-7H2,1H3. The second-order valence-electron chi connectivity index (χ2n) is 3.74. The molecule has 1 aliphatic heterocycles. The molecular weight excluding hydrogens is 244 g/mol. The Balaban J connectivity index is 2.10. The number of aromatic nitrogens is 1. The Morgan fingerprint density at radius 2 is 2.36 bits per heavy atom. The molecule has 1 fully saturated rings. The highest BCUT2D eigenvalue weighted by atomic mass is 79.9. The number of halogens is 1. The molecular formula is C10H13BrN2O. The first-order chi connectivity index (χ1) is 6.64. The lowest BCUT2D eigenvalue weighted by Crippen LogP contribution is -2.62. The van der Waals surface area contributed by atoms with Gasteiger partial charge in [-0.15, -0.1) is 0 Å². The Labute approximate surface area is 91.9 Å². The quantitative estimate of drug-likeness (QED) is 0.877. The van der Waals surface area contributed by atoms with E-state index in [1.54, 1.807) is 6.20 Å². The second kappa shape index (κ2) is 3.51. The van der Waals surface area contributed by atoms with Crippen LogP contribution in [-0.2, 0) is 0 Å². The van der Waals surface area contributed by atoms with Crippen LogP contribution in [0.4, 0.5) is 5.82 Å². The highest BCUT2D eigenvalue weighted by Crippen LogP contribution is 2.32. The molecule has 0 unspecified atom stereocenters. The SMILES string of the molecule is CCC1(O)CN(c2ncccc2Br)C1. The maximum absolute atomic E-state index is 9.86. The van der Waals surface area contributed by atoms with E-state index in [9.17, 15) is 5.11 Å². The lowest BCUT2D eigenvalue weighted by atomic mass is 9.91. The molecule has 4 heteroatoms. The van der Waals surface area contributed by atoms with Crippen LogP contribution in [0.2, 0.25) is 0 Å². The molecule has 1 aromatic heterocycles. The maximum atomic E-state index is 9.86. The van der Waals surface area contributed by atoms with Crippen LogP contribution >= 0.6 is 15.9 Å². The van der Waals surface area contributed by atoms with E-state index < -0.39 is 5.60 Å². The molecule has 14 heavy (non-hydrogen) atoms. The van der Waals surface area contributed by atoms with Crippen molar-refractivity contribution in [3.8, 4) is 0 Å². The van der Waals surface area contributed by atoms with E-state index >= 15 is 0 Å². The van der Waals surface area contributed by atoms with Crippen LogP contribution in [0.25, 0.3) is 0 Å². The van der Waals surface area contributed by atoms with Crippen LogP contribution in [0.5, 0.6) is 0 Å². The third-order valence-corrected chi connectivity index (χ3v) is 3.29. The van der Waals surface area contributed by atoms with E-state index in [4.69, 9.17) is 0 Å². The summed E-state index contributed by atoms with van der Waals surface area (Å²) in [5.74, 6) is 0.922. The first-order valence-corrected chi connectivity index (χ1v) is 5.52. The topological polar surface area (TPSA) is 36.4 Å². The highest BCUT2D eigenvalue weighted by Gasteiger charge is 2.40. The highest BCUT2D eigenvalue weighted by molar-refractivity contribution is 9.10. The Morgan fingerprint density at radius 3 is 2.93 bits per heavy atom. The van der Waals surface area contributed by atoms with Gasteiger partial charge < -0.3 is 10.0 Å². The van der Waals surface area contributed by atoms with Gasteiger partial charge in [-0.1, -0.05) is 6.92 Å². The largest absolute Gasteiger partial charge is 0.386 e. The number of hydrogen-bond donors (Lipinski definition) is 1. The Bertz CT molecular complexity index is 337. The van der Waals surface area contributed by atoms with Gasteiger partial charge in [-0.3, -0.25) is 0 Å². The fourth-order valence-corrected chi connectivity index (χ4v) is 2.15. The summed E-state index contributed by atoms with van der Waals surface area (Å²) in [5.41, 5.74) is -0.503. The van der Waals surface area contributed by atoms with Gasteiger partial charge in [0.25, 0.3) is 0 Å². The van der Waals surface area contributed by atoms with Crippen molar-refractivity contribution in [3.63, 3.8) is 0 Å². The van der Waals surface area contributed by atoms with Crippen LogP contribution in [-0.4, -0.2) is 28.8 Å². The fourth-order valence-electron chi connectivity index (χ4n) is 1.65. The molecule has 2 heterocycles. The van der Waals surface area contributed by atoms with E-state index in [-0.39, 0.29) is 0 Å². The van der Waals surface area contributed by atoms with Crippen LogP contribution < -0.4 is 4.90 Å². The molecule has 0 aliphatic carbocycles. The Morgan fingerprint density at radius 1 is 1.64 bits per heavy atom. The summed E-state index contributed by atoms with van der Waals surface area (Å²) in [6, 6.07) is 3.85. The van der Waals surface area contributed by atoms with Crippen molar-refractivity contribution in [3.05, 3.63) is 22.8 Å². The summed E-state index contributed by atoms with van der Waals surface area (Å²) in [5, 5.41) is 9.86. The Hall–Kier alpha value is -0.610. The molecule has 0 amide bonds. The van der Waals surface area contributed by atoms with E-state index in [2.05, 4.69) is 25.8 Å². The maximum Gasteiger partial charge on any atom is 0.143 e. The van der Waals surface area contributed by atoms with Crippen molar-refractivity contribution >= 4 is 21.7 Å². The van der Waals surface area contributed by atoms with Gasteiger partial charge in [-0.25, -0.2) is 4.98 Å². The van der Waals surface area contributed by atoms with Gasteiger partial charge in [0.2, 0.25) is 0 Å². The molecule has 0 radical (unpaired) electrons. The third-order valence-electron chi connectivity index (χ3n) is 2.67. The molecule has 1 N–H and O–H groups in total. The van der Waals surface area contributed by atoms with Crippen molar-refractivity contribution in [2.24, 2.45) is 0 Å². The molecule has 0 atom stereocenters. The minimum absolute atomic E-state index is 0.503. The zero-order valence-electron chi connectivity index (χ0n) is 8.07. The molecule has 2 rings (SSSR count). The van der Waals surface area contributed by atoms with Gasteiger partial charge in [0.05, 0.1) is 10.1 Å². The molecule has 1 aromatic rings. The van der Waals surface area contributed by atoms with E-state index in [0.29, 0.717) is 13.1 Å². The number of β-amino-alcohol motifs (C(OH)–C–C–N with tert-alkyl or cyclic N) is 1. The monoisotopic (exact) mass is 256 g/mol. The first-order valence-electron chi connectivity index (χ1n) is 4.72. The summed E-state index contributed by atoms with van der Waals surface area (Å²) >= 11 is 3.45. The molecule has 3 nitrogen and oxygen atoms in total. The molecule has 1 saturated heterocycles. The number of aliphatic hydroxyl groups is 1. The van der Waals surface area contributed by atoms with E-state index in [1.165, 1.54) is 0 Å². The summed E-state index contributed by atoms with van der Waals surface area (Å²) in [4.78, 5) is 6.35. The van der Waals surface area contributed by atoms with E-state index in [0.717, 1.165) is 16.7 Å². The summed E-state index contributed by atoms with van der Waals surface area (Å²) in [7, 11) is 0. The van der Waals surface area contributed by atoms with Crippen molar-refractivity contribution in [1.82, 2.24) is 4.98 Å². The zero-order chi connectivity index (χ0) is 10.2. The van der Waals surface area contributed by atoms with Crippen LogP contribution in [0, 0.1) is 0 Å². The number of rotatable bonds is 2. The minimum Gasteiger partial charge on any atom is -0.386 e. The molecule has 0 bridgehead atoms. The van der Waals surface area contributed by atoms with Crippen molar-refractivity contribution in [2.45, 2.75) is 18.9 Å². The van der Waals surface area contributed by atoms with Crippen molar-refractivity contribution < 1.29 is 5.11 Å². The predicted molar refractivity (Wildman–Crippen MR) is 59.4 cm³/mol. The predicted octanol–water partition coefficient (Wildman–Crippen LogP) is 1.81. The first kappa shape index (κ1) is 9.93. The van der Waals surface area contributed by atoms with E-state index in [1.807, 2.05) is 19.1 Å². The fraction of sp³-hybridized carbons (Fsp3) is 0.500. The van der Waals surface area contributed by atoms with Crippen LogP contribution in [0.1, 0.15) is 13.3 Å². The number of nitrogens with zero attached hydrogens (tertiary/aromatic N) is 2. The molecule has 76 valence electrons. The lowest BCUT2D eigenvalue weighted by Gasteiger charge is -2.47. The molecule has 0 saturated carbocycles. The van der Waals surface area contributed by atoms with Crippen molar-refractivity contribution in [1.29, 1.82) is 0 Å². The summed E-state index contributed by atoms with van der Waals surface area (Å²) < 4.78 is 0.984. The molecule has 0 aromatic carbocycles. The van der Waals surface area contributed by atoms with Gasteiger partial charge in [-0.2, -0.15) is 0 Å². The average Bonchev–Trinajstić information content (AvgIpc) is 2.14. The van der Waals surface area contributed by atoms with Gasteiger partial charge in [-0.05, 0) is 34.5 Å². The smallest absolute Gasteiger partial charge is 0.143 e. The number of anilines is 1. The van der Waals surface area contributed by atoms with Crippen molar-refractivity contribution in [2.75, 3.05) is 18.0 Å². The number of hydrogen-bond acceptors (Lipinski definition) is 3. The third kappa shape index (κ3) is 1.64. The average molecular weight is 257 g/mol. The summed E-state index contributed by atoms with van der Waals surface area (Å²) in [6.07, 6.45) is 2.57. The lowest BCUT2D eigenvalue weighted by molar-refractivity contribution is 0.00798. The van der Waals surface area contributed by atoms with Crippen LogP contribution in [0.3, 0.4) is 0 Å². The van der Waals surface area contributed by atoms with Crippen LogP contribution in [0.15, 0.2) is 22.8 Å². The van der Waals surface area contributed by atoms with Gasteiger partial charge >= 0.3 is 0 Å². The summed E-state index contributed by atoms with van der Waals surface area (Å²) in [6.45, 7) is 3.36. The zero-order valence-corrected chi connectivity index (χ0v) is 9.66. The van der Waals surface area contributed by atoms with Gasteiger partial charge in [0, 0.05) is 19.3 Å². The van der Waals surface area contributed by atoms with Gasteiger partial charge in [0.15, 0.2) is 0 Å². The normalized spacial score (nSPS) is 19.2. The minimum atomic E-state index is -0.503. The number of pyridine rings is 1. The second-order valence-corrected chi connectivity index (χ2v) is 4.60. The Kier molecular flexibility index (Phi) is 2.49. The molecule has 0 spiro atoms. The van der Waals surface area contributed by atoms with Gasteiger partial charge in [0.1, 0.15) is 5.82 Å². The molecule has 1 aliphatic rings.